The van der Waals surface area contributed by atoms with E-state index in [2.05, 4.69) is 36.6 Å². The Hall–Kier alpha value is -0.140. The molecule has 0 radical (unpaired) electrons. The van der Waals surface area contributed by atoms with Crippen LogP contribution >= 0.6 is 23.4 Å². The number of thioether (sulfide) groups is 1. The van der Waals surface area contributed by atoms with Gasteiger partial charge < -0.3 is 0 Å². The zero-order valence-electron chi connectivity index (χ0n) is 8.58. The number of hydrogen-bond donors (Lipinski definition) is 0. The van der Waals surface area contributed by atoms with Gasteiger partial charge >= 0.3 is 0 Å². The molecule has 0 saturated heterocycles. The Bertz CT molecular complexity index is 235. The zero-order chi connectivity index (χ0) is 10.2. The summed E-state index contributed by atoms with van der Waals surface area (Å²) in [6.07, 6.45) is 4.61. The molecule has 0 spiro atoms. The normalized spacial score (nSPS) is 12.7. The monoisotopic (exact) mass is 228 g/mol. The number of alkyl halides is 1. The lowest BCUT2D eigenvalue weighted by Gasteiger charge is -2.13. The summed E-state index contributed by atoms with van der Waals surface area (Å²) in [7, 11) is 0. The van der Waals surface area contributed by atoms with Gasteiger partial charge in [0, 0.05) is 5.88 Å². The molecule has 0 nitrogen and oxygen atoms in total. The molecule has 0 aliphatic carbocycles. The van der Waals surface area contributed by atoms with Crippen LogP contribution in [0.1, 0.15) is 24.3 Å². The van der Waals surface area contributed by atoms with E-state index in [1.165, 1.54) is 24.2 Å². The molecule has 1 rings (SSSR count). The maximum absolute atomic E-state index is 5.97. The number of rotatable bonds is 6. The Morgan fingerprint density at radius 2 is 2.00 bits per heavy atom. The SMILES string of the molecule is CSCCCC(CCl)c1ccccc1. The largest absolute Gasteiger partial charge is 0.165 e. The number of benzene rings is 1. The zero-order valence-corrected chi connectivity index (χ0v) is 10.2. The summed E-state index contributed by atoms with van der Waals surface area (Å²) in [5.74, 6) is 2.50. The van der Waals surface area contributed by atoms with Gasteiger partial charge in [-0.25, -0.2) is 0 Å². The molecule has 0 aliphatic heterocycles. The second-order valence-electron chi connectivity index (χ2n) is 3.40. The van der Waals surface area contributed by atoms with Crippen molar-refractivity contribution in [2.75, 3.05) is 17.9 Å². The third-order valence-electron chi connectivity index (χ3n) is 2.36. The van der Waals surface area contributed by atoms with E-state index in [0.717, 1.165) is 5.88 Å². The molecule has 0 fully saturated rings. The molecule has 1 atom stereocenters. The van der Waals surface area contributed by atoms with Crippen molar-refractivity contribution in [1.82, 2.24) is 0 Å². The maximum atomic E-state index is 5.97. The molecular formula is C12H17ClS. The predicted octanol–water partition coefficient (Wildman–Crippen LogP) is 4.15. The van der Waals surface area contributed by atoms with Crippen LogP contribution in [0.15, 0.2) is 30.3 Å². The second-order valence-corrected chi connectivity index (χ2v) is 4.69. The molecule has 2 heteroatoms. The highest BCUT2D eigenvalue weighted by Crippen LogP contribution is 2.23. The van der Waals surface area contributed by atoms with E-state index in [9.17, 15) is 0 Å². The number of hydrogen-bond acceptors (Lipinski definition) is 1. The van der Waals surface area contributed by atoms with Crippen molar-refractivity contribution in [1.29, 1.82) is 0 Å². The fourth-order valence-electron chi connectivity index (χ4n) is 1.53. The van der Waals surface area contributed by atoms with Crippen LogP contribution in [0.3, 0.4) is 0 Å². The van der Waals surface area contributed by atoms with Crippen LogP contribution in [0.2, 0.25) is 0 Å². The molecule has 1 unspecified atom stereocenters. The first kappa shape index (κ1) is 11.9. The van der Waals surface area contributed by atoms with E-state index in [0.29, 0.717) is 5.92 Å². The summed E-state index contributed by atoms with van der Waals surface area (Å²) in [6.45, 7) is 0. The number of halogens is 1. The van der Waals surface area contributed by atoms with E-state index in [-0.39, 0.29) is 0 Å². The minimum absolute atomic E-state index is 0.532. The predicted molar refractivity (Wildman–Crippen MR) is 67.5 cm³/mol. The van der Waals surface area contributed by atoms with Gasteiger partial charge in [-0.15, -0.1) is 11.6 Å². The Morgan fingerprint density at radius 1 is 1.29 bits per heavy atom. The lowest BCUT2D eigenvalue weighted by Crippen LogP contribution is -2.00. The van der Waals surface area contributed by atoms with Crippen molar-refractivity contribution in [3.8, 4) is 0 Å². The standard InChI is InChI=1S/C12H17ClS/c1-14-9-5-8-12(10-13)11-6-3-2-4-7-11/h2-4,6-7,12H,5,8-10H2,1H3. The van der Waals surface area contributed by atoms with E-state index in [1.54, 1.807) is 0 Å². The van der Waals surface area contributed by atoms with Gasteiger partial charge in [-0.1, -0.05) is 30.3 Å². The quantitative estimate of drug-likeness (QED) is 0.521. The second kappa shape index (κ2) is 7.19. The highest BCUT2D eigenvalue weighted by molar-refractivity contribution is 7.98. The van der Waals surface area contributed by atoms with Crippen LogP contribution in [0.25, 0.3) is 0 Å². The lowest BCUT2D eigenvalue weighted by atomic mass is 9.97. The summed E-state index contributed by atoms with van der Waals surface area (Å²) >= 11 is 7.88. The van der Waals surface area contributed by atoms with Crippen LogP contribution in [-0.4, -0.2) is 17.9 Å². The molecule has 1 aromatic rings. The van der Waals surface area contributed by atoms with Gasteiger partial charge in [0.05, 0.1) is 0 Å². The van der Waals surface area contributed by atoms with Gasteiger partial charge in [-0.05, 0) is 36.3 Å². The van der Waals surface area contributed by atoms with Crippen molar-refractivity contribution >= 4 is 23.4 Å². The molecule has 0 N–H and O–H groups in total. The summed E-state index contributed by atoms with van der Waals surface area (Å²) < 4.78 is 0. The van der Waals surface area contributed by atoms with Gasteiger partial charge in [0.2, 0.25) is 0 Å². The molecule has 0 saturated carbocycles. The molecule has 78 valence electrons. The minimum atomic E-state index is 0.532. The Labute approximate surface area is 96.0 Å². The molecule has 0 bridgehead atoms. The third-order valence-corrected chi connectivity index (χ3v) is 3.43. The van der Waals surface area contributed by atoms with Crippen LogP contribution in [-0.2, 0) is 0 Å². The Balaban J connectivity index is 2.46. The summed E-state index contributed by atoms with van der Waals surface area (Å²) in [6, 6.07) is 10.6. The van der Waals surface area contributed by atoms with Crippen molar-refractivity contribution < 1.29 is 0 Å². The molecule has 0 amide bonds. The van der Waals surface area contributed by atoms with Crippen molar-refractivity contribution in [3.63, 3.8) is 0 Å². The van der Waals surface area contributed by atoms with Crippen LogP contribution in [0, 0.1) is 0 Å². The van der Waals surface area contributed by atoms with Crippen LogP contribution in [0.5, 0.6) is 0 Å². The van der Waals surface area contributed by atoms with E-state index < -0.39 is 0 Å². The van der Waals surface area contributed by atoms with Crippen molar-refractivity contribution in [3.05, 3.63) is 35.9 Å². The smallest absolute Gasteiger partial charge is 0.0292 e. The van der Waals surface area contributed by atoms with Gasteiger partial charge in [-0.2, -0.15) is 11.8 Å². The van der Waals surface area contributed by atoms with E-state index in [4.69, 9.17) is 11.6 Å². The molecule has 14 heavy (non-hydrogen) atoms. The fraction of sp³-hybridized carbons (Fsp3) is 0.500. The van der Waals surface area contributed by atoms with Crippen molar-refractivity contribution in [2.45, 2.75) is 18.8 Å². The van der Waals surface area contributed by atoms with E-state index >= 15 is 0 Å². The lowest BCUT2D eigenvalue weighted by molar-refractivity contribution is 0.675. The first-order valence-corrected chi connectivity index (χ1v) is 6.91. The summed E-state index contributed by atoms with van der Waals surface area (Å²) in [4.78, 5) is 0. The Morgan fingerprint density at radius 3 is 2.57 bits per heavy atom. The van der Waals surface area contributed by atoms with Gasteiger partial charge in [-0.3, -0.25) is 0 Å². The van der Waals surface area contributed by atoms with Crippen LogP contribution in [0.4, 0.5) is 0 Å². The summed E-state index contributed by atoms with van der Waals surface area (Å²) in [5.41, 5.74) is 1.38. The van der Waals surface area contributed by atoms with Gasteiger partial charge in [0.1, 0.15) is 0 Å². The van der Waals surface area contributed by atoms with Gasteiger partial charge in [0.15, 0.2) is 0 Å². The van der Waals surface area contributed by atoms with Crippen molar-refractivity contribution in [2.24, 2.45) is 0 Å². The summed E-state index contributed by atoms with van der Waals surface area (Å²) in [5, 5.41) is 0. The first-order chi connectivity index (χ1) is 6.88. The fourth-order valence-corrected chi connectivity index (χ4v) is 2.32. The maximum Gasteiger partial charge on any atom is 0.0292 e. The molecule has 1 aromatic carbocycles. The molecule has 0 aromatic heterocycles. The molecule has 0 heterocycles. The Kier molecular flexibility index (Phi) is 6.13. The molecule has 0 aliphatic rings. The van der Waals surface area contributed by atoms with Crippen LogP contribution < -0.4 is 0 Å². The molecular weight excluding hydrogens is 212 g/mol. The first-order valence-electron chi connectivity index (χ1n) is 4.98. The highest BCUT2D eigenvalue weighted by Gasteiger charge is 2.08. The minimum Gasteiger partial charge on any atom is -0.165 e. The topological polar surface area (TPSA) is 0 Å². The average molecular weight is 229 g/mol. The average Bonchev–Trinajstić information content (AvgIpc) is 2.26. The van der Waals surface area contributed by atoms with Gasteiger partial charge in [0.25, 0.3) is 0 Å². The van der Waals surface area contributed by atoms with E-state index in [1.807, 2.05) is 11.8 Å². The highest BCUT2D eigenvalue weighted by atomic mass is 35.5. The third kappa shape index (κ3) is 3.93.